The maximum Gasteiger partial charge on any atom is 0.125 e. The first-order valence-corrected chi connectivity index (χ1v) is 5.83. The lowest BCUT2D eigenvalue weighted by Crippen LogP contribution is -2.30. The van der Waals surface area contributed by atoms with Gasteiger partial charge in [-0.1, -0.05) is 50.8 Å². The molecule has 1 unspecified atom stereocenters. The molecule has 96 valence electrons. The van der Waals surface area contributed by atoms with Gasteiger partial charge in [0.1, 0.15) is 11.9 Å². The number of rotatable bonds is 7. The van der Waals surface area contributed by atoms with Gasteiger partial charge in [-0.05, 0) is 19.9 Å². The normalized spacial score (nSPS) is 14.8. The molecule has 0 radical (unpaired) electrons. The van der Waals surface area contributed by atoms with Gasteiger partial charge in [-0.25, -0.2) is 0 Å². The van der Waals surface area contributed by atoms with E-state index in [1.54, 1.807) is 12.2 Å². The fourth-order valence-corrected chi connectivity index (χ4v) is 1.32. The molecule has 0 spiro atoms. The zero-order valence-electron chi connectivity index (χ0n) is 11.4. The maximum absolute atomic E-state index is 10.3. The number of aliphatic hydroxyl groups excluding tert-OH is 1. The van der Waals surface area contributed by atoms with Gasteiger partial charge in [-0.2, -0.15) is 0 Å². The van der Waals surface area contributed by atoms with Gasteiger partial charge in [-0.15, -0.1) is 0 Å². The second kappa shape index (κ2) is 7.13. The topological polar surface area (TPSA) is 29.5 Å². The summed E-state index contributed by atoms with van der Waals surface area (Å²) < 4.78 is 5.42. The zero-order chi connectivity index (χ0) is 13.5. The molecule has 2 heteroatoms. The fraction of sp³-hybridized carbons (Fsp3) is 0.467. The van der Waals surface area contributed by atoms with Gasteiger partial charge in [0, 0.05) is 5.41 Å². The van der Waals surface area contributed by atoms with Gasteiger partial charge in [0.15, 0.2) is 0 Å². The molecule has 0 heterocycles. The van der Waals surface area contributed by atoms with Crippen LogP contribution in [0.5, 0.6) is 0 Å². The second-order valence-corrected chi connectivity index (χ2v) is 4.64. The van der Waals surface area contributed by atoms with E-state index in [-0.39, 0.29) is 0 Å². The SMILES string of the molecule is C=C/C=C(/OCC)C(O)C(C)(C)/C=C/C(=C)C. The zero-order valence-corrected chi connectivity index (χ0v) is 11.4. The smallest absolute Gasteiger partial charge is 0.125 e. The standard InChI is InChI=1S/C15H24O2/c1-7-9-13(17-8-2)14(16)15(5,6)11-10-12(3)4/h7,9-11,14,16H,1,3,8H2,2,4-6H3/b11-10+,13-9+. The first kappa shape index (κ1) is 15.7. The summed E-state index contributed by atoms with van der Waals surface area (Å²) in [7, 11) is 0. The summed E-state index contributed by atoms with van der Waals surface area (Å²) in [6.45, 7) is 15.7. The number of ether oxygens (including phenoxy) is 1. The molecule has 17 heavy (non-hydrogen) atoms. The van der Waals surface area contributed by atoms with E-state index >= 15 is 0 Å². The Hall–Kier alpha value is -1.28. The van der Waals surface area contributed by atoms with Crippen molar-refractivity contribution in [2.45, 2.75) is 33.8 Å². The predicted molar refractivity (Wildman–Crippen MR) is 73.6 cm³/mol. The molecule has 1 N–H and O–H groups in total. The van der Waals surface area contributed by atoms with Gasteiger partial charge in [0.2, 0.25) is 0 Å². The molecule has 1 atom stereocenters. The predicted octanol–water partition coefficient (Wildman–Crippen LogP) is 3.61. The van der Waals surface area contributed by atoms with Gasteiger partial charge >= 0.3 is 0 Å². The molecule has 0 bridgehead atoms. The van der Waals surface area contributed by atoms with Crippen LogP contribution < -0.4 is 0 Å². The van der Waals surface area contributed by atoms with Gasteiger partial charge in [0.25, 0.3) is 0 Å². The molecule has 2 nitrogen and oxygen atoms in total. The van der Waals surface area contributed by atoms with E-state index in [0.717, 1.165) is 5.57 Å². The third-order valence-electron chi connectivity index (χ3n) is 2.36. The highest BCUT2D eigenvalue weighted by atomic mass is 16.5. The Kier molecular flexibility index (Phi) is 6.59. The Morgan fingerprint density at radius 2 is 2.06 bits per heavy atom. The fourth-order valence-electron chi connectivity index (χ4n) is 1.32. The largest absolute Gasteiger partial charge is 0.495 e. The Morgan fingerprint density at radius 3 is 2.47 bits per heavy atom. The molecule has 0 aliphatic carbocycles. The van der Waals surface area contributed by atoms with Crippen molar-refractivity contribution in [3.8, 4) is 0 Å². The van der Waals surface area contributed by atoms with E-state index in [0.29, 0.717) is 12.4 Å². The minimum Gasteiger partial charge on any atom is -0.495 e. The van der Waals surface area contributed by atoms with Crippen LogP contribution in [0.4, 0.5) is 0 Å². The van der Waals surface area contributed by atoms with Crippen LogP contribution in [0.25, 0.3) is 0 Å². The number of hydrogen-bond acceptors (Lipinski definition) is 2. The van der Waals surface area contributed by atoms with Crippen LogP contribution in [-0.2, 0) is 4.74 Å². The summed E-state index contributed by atoms with van der Waals surface area (Å²) in [6.07, 6.45) is 6.46. The molecule has 0 aromatic rings. The van der Waals surface area contributed by atoms with Crippen molar-refractivity contribution in [2.75, 3.05) is 6.61 Å². The molecule has 0 saturated carbocycles. The second-order valence-electron chi connectivity index (χ2n) is 4.64. The Bertz CT molecular complexity index is 322. The lowest BCUT2D eigenvalue weighted by Gasteiger charge is -2.29. The van der Waals surface area contributed by atoms with Crippen molar-refractivity contribution in [1.29, 1.82) is 0 Å². The lowest BCUT2D eigenvalue weighted by molar-refractivity contribution is 0.0483. The minimum atomic E-state index is -0.698. The maximum atomic E-state index is 10.3. The van der Waals surface area contributed by atoms with E-state index in [1.165, 1.54) is 0 Å². The monoisotopic (exact) mass is 236 g/mol. The van der Waals surface area contributed by atoms with E-state index in [4.69, 9.17) is 4.74 Å². The summed E-state index contributed by atoms with van der Waals surface area (Å²) >= 11 is 0. The number of hydrogen-bond donors (Lipinski definition) is 1. The van der Waals surface area contributed by atoms with E-state index in [2.05, 4.69) is 13.2 Å². The summed E-state index contributed by atoms with van der Waals surface area (Å²) in [5, 5.41) is 10.3. The average Bonchev–Trinajstić information content (AvgIpc) is 2.25. The number of allylic oxidation sites excluding steroid dienone is 4. The Labute approximate surface area is 105 Å². The summed E-state index contributed by atoms with van der Waals surface area (Å²) in [4.78, 5) is 0. The highest BCUT2D eigenvalue weighted by Crippen LogP contribution is 2.28. The highest BCUT2D eigenvalue weighted by Gasteiger charge is 2.29. The van der Waals surface area contributed by atoms with Gasteiger partial charge < -0.3 is 9.84 Å². The van der Waals surface area contributed by atoms with Crippen molar-refractivity contribution >= 4 is 0 Å². The quantitative estimate of drug-likeness (QED) is 0.540. The number of aliphatic hydroxyl groups is 1. The van der Waals surface area contributed by atoms with Crippen LogP contribution >= 0.6 is 0 Å². The molecule has 0 saturated heterocycles. The van der Waals surface area contributed by atoms with Gasteiger partial charge in [-0.3, -0.25) is 0 Å². The molecule has 0 fully saturated rings. The third-order valence-corrected chi connectivity index (χ3v) is 2.36. The molecule has 0 aliphatic heterocycles. The molecule has 0 aromatic carbocycles. The van der Waals surface area contributed by atoms with Gasteiger partial charge in [0.05, 0.1) is 6.61 Å². The van der Waals surface area contributed by atoms with Crippen LogP contribution in [0.2, 0.25) is 0 Å². The van der Waals surface area contributed by atoms with Crippen LogP contribution in [0.15, 0.2) is 48.8 Å². The first-order chi connectivity index (χ1) is 7.85. The van der Waals surface area contributed by atoms with Crippen LogP contribution in [0, 0.1) is 5.41 Å². The summed E-state index contributed by atoms with van der Waals surface area (Å²) in [5.74, 6) is 0.541. The Morgan fingerprint density at radius 1 is 1.47 bits per heavy atom. The average molecular weight is 236 g/mol. The van der Waals surface area contributed by atoms with Crippen LogP contribution in [0.1, 0.15) is 27.7 Å². The molecule has 0 aliphatic rings. The summed E-state index contributed by atoms with van der Waals surface area (Å²) in [6, 6.07) is 0. The van der Waals surface area contributed by atoms with Crippen molar-refractivity contribution in [3.05, 3.63) is 48.8 Å². The van der Waals surface area contributed by atoms with E-state index in [9.17, 15) is 5.11 Å². The molecular weight excluding hydrogens is 212 g/mol. The Balaban J connectivity index is 4.96. The van der Waals surface area contributed by atoms with E-state index in [1.807, 2.05) is 39.8 Å². The minimum absolute atomic E-state index is 0.414. The lowest BCUT2D eigenvalue weighted by atomic mass is 9.84. The molecule has 0 rings (SSSR count). The molecular formula is C15H24O2. The van der Waals surface area contributed by atoms with Crippen molar-refractivity contribution in [3.63, 3.8) is 0 Å². The van der Waals surface area contributed by atoms with Crippen molar-refractivity contribution in [2.24, 2.45) is 5.41 Å². The highest BCUT2D eigenvalue weighted by molar-refractivity contribution is 5.20. The van der Waals surface area contributed by atoms with Crippen LogP contribution in [0.3, 0.4) is 0 Å². The third kappa shape index (κ3) is 5.55. The first-order valence-electron chi connectivity index (χ1n) is 5.83. The van der Waals surface area contributed by atoms with Crippen molar-refractivity contribution in [1.82, 2.24) is 0 Å². The van der Waals surface area contributed by atoms with Crippen LogP contribution in [-0.4, -0.2) is 17.8 Å². The summed E-state index contributed by atoms with van der Waals surface area (Å²) in [5.41, 5.74) is 0.541. The molecule has 0 amide bonds. The molecule has 0 aromatic heterocycles. The van der Waals surface area contributed by atoms with E-state index < -0.39 is 11.5 Å². The van der Waals surface area contributed by atoms with Crippen molar-refractivity contribution < 1.29 is 9.84 Å².